The lowest BCUT2D eigenvalue weighted by molar-refractivity contribution is 0.251. The van der Waals surface area contributed by atoms with Crippen molar-refractivity contribution in [3.8, 4) is 0 Å². The molecule has 0 aliphatic rings. The summed E-state index contributed by atoms with van der Waals surface area (Å²) in [6.07, 6.45) is 11.6. The average Bonchev–Trinajstić information content (AvgIpc) is 2.90. The Morgan fingerprint density at radius 1 is 1.04 bits per heavy atom. The van der Waals surface area contributed by atoms with Crippen molar-refractivity contribution in [2.24, 2.45) is 7.05 Å². The summed E-state index contributed by atoms with van der Waals surface area (Å²) >= 11 is 0. The van der Waals surface area contributed by atoms with E-state index in [2.05, 4.69) is 43.4 Å². The van der Waals surface area contributed by atoms with Crippen LogP contribution in [0.5, 0.6) is 0 Å². The van der Waals surface area contributed by atoms with Gasteiger partial charge in [-0.1, -0.05) is 79.1 Å². The predicted molar refractivity (Wildman–Crippen MR) is 106 cm³/mol. The molecule has 0 radical (unpaired) electrons. The third kappa shape index (κ3) is 8.94. The molecule has 0 saturated heterocycles. The van der Waals surface area contributed by atoms with Crippen LogP contribution >= 0.6 is 0 Å². The molecule has 0 atom stereocenters. The second-order valence-electron chi connectivity index (χ2n) is 8.00. The Hall–Kier alpha value is -1.52. The molecular formula is C20H38N4O. The lowest BCUT2D eigenvalue weighted by atomic mass is 9.92. The molecule has 1 rings (SSSR count). The van der Waals surface area contributed by atoms with Crippen LogP contribution < -0.4 is 10.6 Å². The third-order valence-electron chi connectivity index (χ3n) is 4.46. The van der Waals surface area contributed by atoms with Crippen molar-refractivity contribution in [3.05, 3.63) is 11.8 Å². The van der Waals surface area contributed by atoms with Crippen LogP contribution in [0.15, 0.2) is 6.07 Å². The number of rotatable bonds is 11. The number of anilines is 1. The minimum Gasteiger partial charge on any atom is -0.338 e. The van der Waals surface area contributed by atoms with Gasteiger partial charge in [-0.3, -0.25) is 10.00 Å². The van der Waals surface area contributed by atoms with E-state index >= 15 is 0 Å². The summed E-state index contributed by atoms with van der Waals surface area (Å²) in [5, 5.41) is 10.3. The maximum absolute atomic E-state index is 12.0. The topological polar surface area (TPSA) is 59.0 Å². The normalized spacial score (nSPS) is 11.6. The average molecular weight is 351 g/mol. The number of carbonyl (C=O) groups is 1. The summed E-state index contributed by atoms with van der Waals surface area (Å²) in [4.78, 5) is 12.0. The second kappa shape index (κ2) is 11.2. The van der Waals surface area contributed by atoms with Crippen molar-refractivity contribution < 1.29 is 4.79 Å². The maximum Gasteiger partial charge on any atom is 0.320 e. The first-order valence-electron chi connectivity index (χ1n) is 9.94. The number of unbranched alkanes of at least 4 members (excludes halogenated alkanes) is 8. The van der Waals surface area contributed by atoms with Gasteiger partial charge in [-0.2, -0.15) is 5.10 Å². The highest BCUT2D eigenvalue weighted by molar-refractivity contribution is 5.88. The zero-order valence-corrected chi connectivity index (χ0v) is 17.0. The van der Waals surface area contributed by atoms with Gasteiger partial charge in [-0.25, -0.2) is 4.79 Å². The molecule has 2 amide bonds. The molecular weight excluding hydrogens is 312 g/mol. The maximum atomic E-state index is 12.0. The minimum absolute atomic E-state index is 0.0231. The van der Waals surface area contributed by atoms with Crippen LogP contribution in [-0.2, 0) is 12.5 Å². The van der Waals surface area contributed by atoms with Crippen LogP contribution in [-0.4, -0.2) is 22.4 Å². The molecule has 1 aromatic heterocycles. The first-order chi connectivity index (χ1) is 11.8. The van der Waals surface area contributed by atoms with Gasteiger partial charge in [0.05, 0.1) is 5.69 Å². The fraction of sp³-hybridized carbons (Fsp3) is 0.800. The molecule has 0 aliphatic carbocycles. The molecule has 144 valence electrons. The highest BCUT2D eigenvalue weighted by Gasteiger charge is 2.19. The quantitative estimate of drug-likeness (QED) is 0.527. The minimum atomic E-state index is -0.150. The van der Waals surface area contributed by atoms with Crippen LogP contribution in [0.4, 0.5) is 10.6 Å². The predicted octanol–water partition coefficient (Wildman–Crippen LogP) is 5.37. The van der Waals surface area contributed by atoms with E-state index < -0.39 is 0 Å². The highest BCUT2D eigenvalue weighted by Crippen LogP contribution is 2.23. The Morgan fingerprint density at radius 2 is 1.60 bits per heavy atom. The smallest absolute Gasteiger partial charge is 0.320 e. The summed E-state index contributed by atoms with van der Waals surface area (Å²) in [7, 11) is 1.85. The molecule has 1 aromatic rings. The van der Waals surface area contributed by atoms with E-state index in [1.807, 2.05) is 13.1 Å². The third-order valence-corrected chi connectivity index (χ3v) is 4.46. The number of aryl methyl sites for hydroxylation is 1. The first-order valence-corrected chi connectivity index (χ1v) is 9.94. The molecule has 0 saturated carbocycles. The van der Waals surface area contributed by atoms with Crippen molar-refractivity contribution in [2.45, 2.75) is 90.9 Å². The van der Waals surface area contributed by atoms with Gasteiger partial charge < -0.3 is 5.32 Å². The zero-order valence-electron chi connectivity index (χ0n) is 17.0. The van der Waals surface area contributed by atoms with Crippen molar-refractivity contribution in [1.82, 2.24) is 15.1 Å². The van der Waals surface area contributed by atoms with Gasteiger partial charge in [0.25, 0.3) is 0 Å². The lowest BCUT2D eigenvalue weighted by Crippen LogP contribution is -2.30. The van der Waals surface area contributed by atoms with Crippen LogP contribution in [0.2, 0.25) is 0 Å². The molecule has 0 aromatic carbocycles. The number of nitrogens with zero attached hydrogens (tertiary/aromatic N) is 2. The van der Waals surface area contributed by atoms with Crippen molar-refractivity contribution >= 4 is 11.8 Å². The number of amides is 2. The van der Waals surface area contributed by atoms with Gasteiger partial charge in [0, 0.05) is 25.1 Å². The molecule has 0 bridgehead atoms. The molecule has 0 spiro atoms. The number of nitrogens with one attached hydrogen (secondary N) is 2. The monoisotopic (exact) mass is 350 g/mol. The molecule has 2 N–H and O–H groups in total. The summed E-state index contributed by atoms with van der Waals surface area (Å²) in [5.74, 6) is 0.731. The van der Waals surface area contributed by atoms with Crippen molar-refractivity contribution in [1.29, 1.82) is 0 Å². The van der Waals surface area contributed by atoms with E-state index in [1.54, 1.807) is 4.68 Å². The van der Waals surface area contributed by atoms with Crippen LogP contribution in [0, 0.1) is 0 Å². The molecule has 0 fully saturated rings. The Morgan fingerprint density at radius 3 is 2.12 bits per heavy atom. The highest BCUT2D eigenvalue weighted by atomic mass is 16.2. The number of hydrogen-bond donors (Lipinski definition) is 2. The Bertz CT molecular complexity index is 502. The van der Waals surface area contributed by atoms with E-state index in [1.165, 1.54) is 51.4 Å². The van der Waals surface area contributed by atoms with Gasteiger partial charge in [-0.05, 0) is 6.42 Å². The van der Waals surface area contributed by atoms with Crippen LogP contribution in [0.3, 0.4) is 0 Å². The van der Waals surface area contributed by atoms with Crippen molar-refractivity contribution in [3.63, 3.8) is 0 Å². The van der Waals surface area contributed by atoms with Gasteiger partial charge in [0.15, 0.2) is 0 Å². The van der Waals surface area contributed by atoms with Crippen LogP contribution in [0.1, 0.15) is 91.2 Å². The van der Waals surface area contributed by atoms with E-state index in [0.29, 0.717) is 0 Å². The number of carbonyl (C=O) groups excluding carboxylic acids is 1. The largest absolute Gasteiger partial charge is 0.338 e. The fourth-order valence-electron chi connectivity index (χ4n) is 2.75. The van der Waals surface area contributed by atoms with E-state index in [-0.39, 0.29) is 11.4 Å². The fourth-order valence-corrected chi connectivity index (χ4v) is 2.75. The summed E-state index contributed by atoms with van der Waals surface area (Å²) in [5.41, 5.74) is 0.953. The molecule has 0 aliphatic heterocycles. The van der Waals surface area contributed by atoms with Gasteiger partial charge in [-0.15, -0.1) is 0 Å². The Balaban J connectivity index is 2.13. The lowest BCUT2D eigenvalue weighted by Gasteiger charge is -2.13. The first kappa shape index (κ1) is 21.5. The molecule has 5 heteroatoms. The standard InChI is InChI=1S/C20H38N4O/c1-6-7-8-9-10-11-12-13-14-15-21-19(25)22-18-16-17(20(2,3)4)23-24(18)5/h16H,6-15H2,1-5H3,(H2,21,22,25). The summed E-state index contributed by atoms with van der Waals surface area (Å²) in [6, 6.07) is 1.79. The van der Waals surface area contributed by atoms with Gasteiger partial charge in [0.1, 0.15) is 5.82 Å². The summed E-state index contributed by atoms with van der Waals surface area (Å²) in [6.45, 7) is 9.32. The number of hydrogen-bond acceptors (Lipinski definition) is 2. The van der Waals surface area contributed by atoms with Gasteiger partial charge >= 0.3 is 6.03 Å². The Kier molecular flexibility index (Phi) is 9.61. The Labute approximate surface area is 154 Å². The number of urea groups is 1. The zero-order chi connectivity index (χ0) is 18.7. The molecule has 0 unspecified atom stereocenters. The van der Waals surface area contributed by atoms with Crippen molar-refractivity contribution in [2.75, 3.05) is 11.9 Å². The van der Waals surface area contributed by atoms with E-state index in [4.69, 9.17) is 0 Å². The summed E-state index contributed by atoms with van der Waals surface area (Å²) < 4.78 is 1.72. The SMILES string of the molecule is CCCCCCCCCCCNC(=O)Nc1cc(C(C)(C)C)nn1C. The van der Waals surface area contributed by atoms with Crippen LogP contribution in [0.25, 0.3) is 0 Å². The van der Waals surface area contributed by atoms with Gasteiger partial charge in [0.2, 0.25) is 0 Å². The molecule has 5 nitrogen and oxygen atoms in total. The second-order valence-corrected chi connectivity index (χ2v) is 8.00. The molecule has 1 heterocycles. The van der Waals surface area contributed by atoms with E-state index in [9.17, 15) is 4.79 Å². The number of aromatic nitrogens is 2. The van der Waals surface area contributed by atoms with E-state index in [0.717, 1.165) is 24.5 Å². The molecule has 25 heavy (non-hydrogen) atoms.